The highest BCUT2D eigenvalue weighted by Gasteiger charge is 2.34. The Morgan fingerprint density at radius 3 is 2.26 bits per heavy atom. The summed E-state index contributed by atoms with van der Waals surface area (Å²) in [7, 11) is -3.87. The average molecular weight is 498 g/mol. The van der Waals surface area contributed by atoms with E-state index in [-0.39, 0.29) is 47.0 Å². The normalized spacial score (nSPS) is 15.3. The van der Waals surface area contributed by atoms with Crippen molar-refractivity contribution >= 4 is 50.5 Å². The monoisotopic (exact) mass is 497 g/mol. The molecule has 1 aromatic carbocycles. The van der Waals surface area contributed by atoms with Gasteiger partial charge in [-0.1, -0.05) is 29.3 Å². The SMILES string of the molecule is Cc1nc(-c2ncccn2)sc1C(=O)N1CCN(S(=O)(=O)c2c(Cl)cccc2Cl)CC1. The first-order valence-electron chi connectivity index (χ1n) is 9.27. The van der Waals surface area contributed by atoms with Crippen LogP contribution in [-0.4, -0.2) is 64.7 Å². The fraction of sp³-hybridized carbons (Fsp3) is 0.263. The van der Waals surface area contributed by atoms with Crippen molar-refractivity contribution < 1.29 is 13.2 Å². The number of piperazine rings is 1. The minimum Gasteiger partial charge on any atom is -0.335 e. The molecular weight excluding hydrogens is 481 g/mol. The van der Waals surface area contributed by atoms with E-state index in [1.54, 1.807) is 36.4 Å². The van der Waals surface area contributed by atoms with Crippen LogP contribution in [-0.2, 0) is 10.0 Å². The summed E-state index contributed by atoms with van der Waals surface area (Å²) in [5.41, 5.74) is 0.593. The highest BCUT2D eigenvalue weighted by molar-refractivity contribution is 7.89. The van der Waals surface area contributed by atoms with Gasteiger partial charge in [0.25, 0.3) is 5.91 Å². The molecule has 1 amide bonds. The Kier molecular flexibility index (Phi) is 6.27. The van der Waals surface area contributed by atoms with Gasteiger partial charge in [-0.05, 0) is 25.1 Å². The number of sulfonamides is 1. The van der Waals surface area contributed by atoms with Crippen molar-refractivity contribution in [2.45, 2.75) is 11.8 Å². The van der Waals surface area contributed by atoms with Gasteiger partial charge in [-0.25, -0.2) is 23.4 Å². The molecule has 1 saturated heterocycles. The van der Waals surface area contributed by atoms with Crippen molar-refractivity contribution in [3.8, 4) is 10.8 Å². The molecule has 1 aliphatic heterocycles. The molecule has 0 radical (unpaired) electrons. The minimum atomic E-state index is -3.87. The van der Waals surface area contributed by atoms with Crippen LogP contribution in [0.3, 0.4) is 0 Å². The standard InChI is InChI=1S/C19H17Cl2N5O3S2/c1-12-15(30-18(24-12)17-22-6-3-7-23-17)19(27)25-8-10-26(11-9-25)31(28,29)16-13(20)4-2-5-14(16)21/h2-7H,8-11H2,1H3. The van der Waals surface area contributed by atoms with Crippen molar-refractivity contribution in [2.75, 3.05) is 26.2 Å². The predicted molar refractivity (Wildman–Crippen MR) is 119 cm³/mol. The van der Waals surface area contributed by atoms with Crippen molar-refractivity contribution in [3.05, 3.63) is 57.3 Å². The smallest absolute Gasteiger partial charge is 0.265 e. The van der Waals surface area contributed by atoms with Crippen LogP contribution in [0.25, 0.3) is 10.8 Å². The maximum Gasteiger partial charge on any atom is 0.265 e. The summed E-state index contributed by atoms with van der Waals surface area (Å²) in [6.45, 7) is 2.53. The van der Waals surface area contributed by atoms with Gasteiger partial charge in [0, 0.05) is 38.6 Å². The third kappa shape index (κ3) is 4.31. The third-order valence-corrected chi connectivity index (χ3v) is 8.79. The molecule has 0 aliphatic carbocycles. The summed E-state index contributed by atoms with van der Waals surface area (Å²) in [6, 6.07) is 6.27. The summed E-state index contributed by atoms with van der Waals surface area (Å²) in [4.78, 5) is 27.8. The molecule has 0 spiro atoms. The lowest BCUT2D eigenvalue weighted by molar-refractivity contribution is 0.0702. The Balaban J connectivity index is 1.49. The van der Waals surface area contributed by atoms with Gasteiger partial charge < -0.3 is 4.90 Å². The van der Waals surface area contributed by atoms with Gasteiger partial charge in [0.1, 0.15) is 9.77 Å². The molecule has 3 aromatic rings. The van der Waals surface area contributed by atoms with Crippen LogP contribution in [0, 0.1) is 6.92 Å². The lowest BCUT2D eigenvalue weighted by Crippen LogP contribution is -2.50. The zero-order chi connectivity index (χ0) is 22.2. The Morgan fingerprint density at radius 2 is 1.65 bits per heavy atom. The summed E-state index contributed by atoms with van der Waals surface area (Å²) < 4.78 is 27.3. The number of aryl methyl sites for hydroxylation is 1. The van der Waals surface area contributed by atoms with Crippen molar-refractivity contribution in [1.82, 2.24) is 24.2 Å². The molecule has 0 saturated carbocycles. The Labute approximate surface area is 193 Å². The van der Waals surface area contributed by atoms with Crippen LogP contribution in [0.5, 0.6) is 0 Å². The molecule has 162 valence electrons. The zero-order valence-electron chi connectivity index (χ0n) is 16.3. The highest BCUT2D eigenvalue weighted by atomic mass is 35.5. The molecule has 1 fully saturated rings. The van der Waals surface area contributed by atoms with Gasteiger partial charge in [0.05, 0.1) is 15.7 Å². The fourth-order valence-corrected chi connectivity index (χ4v) is 6.73. The minimum absolute atomic E-state index is 0.0713. The molecule has 3 heterocycles. The van der Waals surface area contributed by atoms with Gasteiger partial charge in [-0.2, -0.15) is 4.31 Å². The first kappa shape index (κ1) is 22.1. The van der Waals surface area contributed by atoms with Crippen LogP contribution >= 0.6 is 34.5 Å². The number of hydrogen-bond donors (Lipinski definition) is 0. The number of nitrogens with zero attached hydrogens (tertiary/aromatic N) is 5. The van der Waals surface area contributed by atoms with E-state index in [1.165, 1.54) is 27.8 Å². The van der Waals surface area contributed by atoms with E-state index in [2.05, 4.69) is 15.0 Å². The van der Waals surface area contributed by atoms with Gasteiger partial charge in [0.15, 0.2) is 10.8 Å². The van der Waals surface area contributed by atoms with Crippen LogP contribution in [0.4, 0.5) is 0 Å². The van der Waals surface area contributed by atoms with Gasteiger partial charge in [-0.15, -0.1) is 11.3 Å². The van der Waals surface area contributed by atoms with E-state index in [9.17, 15) is 13.2 Å². The highest BCUT2D eigenvalue weighted by Crippen LogP contribution is 2.32. The second-order valence-electron chi connectivity index (χ2n) is 6.75. The topological polar surface area (TPSA) is 96.4 Å². The number of carbonyl (C=O) groups is 1. The Hall–Kier alpha value is -2.11. The number of rotatable bonds is 4. The third-order valence-electron chi connectivity index (χ3n) is 4.79. The maximum atomic E-state index is 13.0. The van der Waals surface area contributed by atoms with Crippen molar-refractivity contribution in [3.63, 3.8) is 0 Å². The number of halogens is 2. The molecule has 1 aliphatic rings. The van der Waals surface area contributed by atoms with Gasteiger partial charge in [0.2, 0.25) is 10.0 Å². The molecular formula is C19H17Cl2N5O3S2. The Bertz CT molecular complexity index is 1210. The first-order valence-corrected chi connectivity index (χ1v) is 12.3. The number of amides is 1. The van der Waals surface area contributed by atoms with Crippen LogP contribution in [0.1, 0.15) is 15.4 Å². The number of hydrogen-bond acceptors (Lipinski definition) is 7. The fourth-order valence-electron chi connectivity index (χ4n) is 3.23. The van der Waals surface area contributed by atoms with Crippen LogP contribution < -0.4 is 0 Å². The molecule has 8 nitrogen and oxygen atoms in total. The maximum absolute atomic E-state index is 13.0. The Morgan fingerprint density at radius 1 is 1.03 bits per heavy atom. The van der Waals surface area contributed by atoms with Crippen molar-refractivity contribution in [2.24, 2.45) is 0 Å². The second kappa shape index (κ2) is 8.79. The molecule has 0 atom stereocenters. The summed E-state index contributed by atoms with van der Waals surface area (Å²) in [5, 5.41) is 0.708. The second-order valence-corrected chi connectivity index (χ2v) is 10.4. The van der Waals surface area contributed by atoms with Crippen LogP contribution in [0.2, 0.25) is 10.0 Å². The number of carbonyl (C=O) groups excluding carboxylic acids is 1. The molecule has 12 heteroatoms. The van der Waals surface area contributed by atoms with E-state index < -0.39 is 10.0 Å². The van der Waals surface area contributed by atoms with Gasteiger partial charge >= 0.3 is 0 Å². The lowest BCUT2D eigenvalue weighted by Gasteiger charge is -2.34. The largest absolute Gasteiger partial charge is 0.335 e. The van der Waals surface area contributed by atoms with Crippen LogP contribution in [0.15, 0.2) is 41.6 Å². The predicted octanol–water partition coefficient (Wildman–Crippen LogP) is 3.36. The number of benzene rings is 1. The zero-order valence-corrected chi connectivity index (χ0v) is 19.5. The van der Waals surface area contributed by atoms with E-state index in [0.29, 0.717) is 21.4 Å². The van der Waals surface area contributed by atoms with E-state index in [1.807, 2.05) is 0 Å². The molecule has 0 unspecified atom stereocenters. The molecule has 0 bridgehead atoms. The first-order chi connectivity index (χ1) is 14.8. The average Bonchev–Trinajstić information content (AvgIpc) is 3.15. The van der Waals surface area contributed by atoms with E-state index in [4.69, 9.17) is 23.2 Å². The molecule has 2 aromatic heterocycles. The summed E-state index contributed by atoms with van der Waals surface area (Å²) in [5.74, 6) is 0.271. The quantitative estimate of drug-likeness (QED) is 0.548. The lowest BCUT2D eigenvalue weighted by atomic mass is 10.3. The van der Waals surface area contributed by atoms with E-state index in [0.717, 1.165) is 0 Å². The summed E-state index contributed by atoms with van der Waals surface area (Å²) in [6.07, 6.45) is 3.23. The van der Waals surface area contributed by atoms with E-state index >= 15 is 0 Å². The van der Waals surface area contributed by atoms with Gasteiger partial charge in [-0.3, -0.25) is 4.79 Å². The number of thiazole rings is 1. The molecule has 31 heavy (non-hydrogen) atoms. The number of aromatic nitrogens is 3. The van der Waals surface area contributed by atoms with Crippen molar-refractivity contribution in [1.29, 1.82) is 0 Å². The molecule has 0 N–H and O–H groups in total. The molecule has 4 rings (SSSR count). The summed E-state index contributed by atoms with van der Waals surface area (Å²) >= 11 is 13.4.